The molecule has 136 valence electrons. The summed E-state index contributed by atoms with van der Waals surface area (Å²) in [5.74, 6) is 0.708. The molecule has 7 nitrogen and oxygen atoms in total. The van der Waals surface area contributed by atoms with Gasteiger partial charge in [0.1, 0.15) is 6.04 Å². The number of ether oxygens (including phenoxy) is 4. The number of alkyl halides is 2. The Bertz CT molecular complexity index is 874. The van der Waals surface area contributed by atoms with Crippen LogP contribution in [-0.4, -0.2) is 25.0 Å². The van der Waals surface area contributed by atoms with Crippen molar-refractivity contribution in [2.45, 2.75) is 19.3 Å². The van der Waals surface area contributed by atoms with Crippen LogP contribution in [0.4, 0.5) is 20.2 Å². The molecule has 0 aliphatic carbocycles. The Labute approximate surface area is 146 Å². The first-order valence-electron chi connectivity index (χ1n) is 7.76. The Balaban J connectivity index is 1.40. The minimum atomic E-state index is -3.68. The van der Waals surface area contributed by atoms with Gasteiger partial charge in [0.05, 0.1) is 0 Å². The quantitative estimate of drug-likeness (QED) is 0.868. The molecule has 2 aromatic carbocycles. The topological polar surface area (TPSA) is 78.1 Å². The Kier molecular flexibility index (Phi) is 3.71. The molecule has 2 aliphatic rings. The summed E-state index contributed by atoms with van der Waals surface area (Å²) in [6.45, 7) is 1.79. The SMILES string of the molecule is C[C@@H](Nc1ccc2c(c1)OC(F)(F)O2)C(=O)Nc1ccc2c(c1)OCO2. The highest BCUT2D eigenvalue weighted by atomic mass is 19.3. The Morgan fingerprint density at radius 1 is 1.00 bits per heavy atom. The first-order valence-corrected chi connectivity index (χ1v) is 7.76. The molecule has 2 aromatic rings. The van der Waals surface area contributed by atoms with E-state index in [0.29, 0.717) is 22.9 Å². The maximum absolute atomic E-state index is 13.0. The zero-order chi connectivity index (χ0) is 18.3. The largest absolute Gasteiger partial charge is 0.586 e. The summed E-state index contributed by atoms with van der Waals surface area (Å²) < 4.78 is 45.3. The molecular formula is C17H14F2N2O5. The summed E-state index contributed by atoms with van der Waals surface area (Å²) >= 11 is 0. The van der Waals surface area contributed by atoms with Crippen molar-refractivity contribution in [2.75, 3.05) is 17.4 Å². The van der Waals surface area contributed by atoms with Crippen molar-refractivity contribution in [1.82, 2.24) is 0 Å². The van der Waals surface area contributed by atoms with Crippen LogP contribution in [0.2, 0.25) is 0 Å². The number of nitrogens with one attached hydrogen (secondary N) is 2. The van der Waals surface area contributed by atoms with Gasteiger partial charge in [-0.2, -0.15) is 0 Å². The molecule has 2 N–H and O–H groups in total. The number of amides is 1. The third kappa shape index (κ3) is 3.15. The number of carbonyl (C=O) groups excluding carboxylic acids is 1. The molecule has 1 atom stereocenters. The predicted molar refractivity (Wildman–Crippen MR) is 86.9 cm³/mol. The number of benzene rings is 2. The van der Waals surface area contributed by atoms with Gasteiger partial charge in [0.15, 0.2) is 23.0 Å². The fourth-order valence-electron chi connectivity index (χ4n) is 2.58. The van der Waals surface area contributed by atoms with Crippen LogP contribution in [0.25, 0.3) is 0 Å². The molecule has 2 heterocycles. The standard InChI is InChI=1S/C17H14F2N2O5/c1-9(16(22)21-11-2-4-12-14(6-11)24-8-23-12)20-10-3-5-13-15(7-10)26-17(18,19)25-13/h2-7,9,20H,8H2,1H3,(H,21,22)/t9-/m1/s1. The van der Waals surface area contributed by atoms with Crippen molar-refractivity contribution < 1.29 is 32.5 Å². The number of carbonyl (C=O) groups is 1. The van der Waals surface area contributed by atoms with Gasteiger partial charge in [-0.05, 0) is 31.2 Å². The minimum absolute atomic E-state index is 0.0574. The molecule has 0 radical (unpaired) electrons. The van der Waals surface area contributed by atoms with Crippen molar-refractivity contribution in [3.8, 4) is 23.0 Å². The first-order chi connectivity index (χ1) is 12.4. The van der Waals surface area contributed by atoms with Crippen molar-refractivity contribution in [1.29, 1.82) is 0 Å². The maximum atomic E-state index is 13.0. The second kappa shape index (κ2) is 5.94. The predicted octanol–water partition coefficient (Wildman–Crippen LogP) is 3.18. The molecule has 0 saturated heterocycles. The van der Waals surface area contributed by atoms with Gasteiger partial charge in [0.25, 0.3) is 0 Å². The van der Waals surface area contributed by atoms with E-state index in [4.69, 9.17) is 9.47 Å². The number of hydrogen-bond acceptors (Lipinski definition) is 6. The van der Waals surface area contributed by atoms with Gasteiger partial charge in [-0.15, -0.1) is 8.78 Å². The number of anilines is 2. The highest BCUT2D eigenvalue weighted by Gasteiger charge is 2.43. The van der Waals surface area contributed by atoms with E-state index in [2.05, 4.69) is 20.1 Å². The zero-order valence-corrected chi connectivity index (χ0v) is 13.5. The molecule has 0 bridgehead atoms. The average Bonchev–Trinajstić information content (AvgIpc) is 3.16. The maximum Gasteiger partial charge on any atom is 0.586 e. The van der Waals surface area contributed by atoms with Gasteiger partial charge in [-0.25, -0.2) is 0 Å². The molecular weight excluding hydrogens is 350 g/mol. The summed E-state index contributed by atoms with van der Waals surface area (Å²) in [5.41, 5.74) is 0.997. The van der Waals surface area contributed by atoms with Crippen LogP contribution in [0.1, 0.15) is 6.92 Å². The monoisotopic (exact) mass is 364 g/mol. The van der Waals surface area contributed by atoms with E-state index in [1.807, 2.05) is 0 Å². The van der Waals surface area contributed by atoms with E-state index in [-0.39, 0.29) is 24.2 Å². The first kappa shape index (κ1) is 16.2. The molecule has 0 saturated carbocycles. The summed E-state index contributed by atoms with van der Waals surface area (Å²) in [4.78, 5) is 12.3. The fourth-order valence-corrected chi connectivity index (χ4v) is 2.58. The van der Waals surface area contributed by atoms with Crippen molar-refractivity contribution >= 4 is 17.3 Å². The molecule has 0 spiro atoms. The van der Waals surface area contributed by atoms with Gasteiger partial charge >= 0.3 is 6.29 Å². The van der Waals surface area contributed by atoms with Crippen molar-refractivity contribution in [3.05, 3.63) is 36.4 Å². The van der Waals surface area contributed by atoms with Gasteiger partial charge in [0, 0.05) is 23.5 Å². The Morgan fingerprint density at radius 3 is 2.50 bits per heavy atom. The lowest BCUT2D eigenvalue weighted by molar-refractivity contribution is -0.286. The van der Waals surface area contributed by atoms with Crippen LogP contribution in [0.5, 0.6) is 23.0 Å². The molecule has 0 aromatic heterocycles. The zero-order valence-electron chi connectivity index (χ0n) is 13.5. The molecule has 0 unspecified atom stereocenters. The van der Waals surface area contributed by atoms with E-state index in [1.54, 1.807) is 25.1 Å². The summed E-state index contributed by atoms with van der Waals surface area (Å²) in [6, 6.07) is 8.64. The van der Waals surface area contributed by atoms with E-state index in [0.717, 1.165) is 0 Å². The molecule has 26 heavy (non-hydrogen) atoms. The third-order valence-electron chi connectivity index (χ3n) is 3.82. The Morgan fingerprint density at radius 2 is 1.65 bits per heavy atom. The molecule has 0 fully saturated rings. The van der Waals surface area contributed by atoms with E-state index in [9.17, 15) is 13.6 Å². The molecule has 2 aliphatic heterocycles. The van der Waals surface area contributed by atoms with Crippen LogP contribution in [0.15, 0.2) is 36.4 Å². The molecule has 9 heteroatoms. The molecule has 4 rings (SSSR count). The lowest BCUT2D eigenvalue weighted by Crippen LogP contribution is -2.31. The van der Waals surface area contributed by atoms with E-state index >= 15 is 0 Å². The van der Waals surface area contributed by atoms with E-state index in [1.165, 1.54) is 18.2 Å². The minimum Gasteiger partial charge on any atom is -0.454 e. The highest BCUT2D eigenvalue weighted by Crippen LogP contribution is 2.42. The fraction of sp³-hybridized carbons (Fsp3) is 0.235. The van der Waals surface area contributed by atoms with Gasteiger partial charge in [-0.3, -0.25) is 4.79 Å². The van der Waals surface area contributed by atoms with Crippen LogP contribution in [-0.2, 0) is 4.79 Å². The molecule has 1 amide bonds. The Hall–Kier alpha value is -3.23. The highest BCUT2D eigenvalue weighted by molar-refractivity contribution is 5.96. The van der Waals surface area contributed by atoms with Crippen LogP contribution >= 0.6 is 0 Å². The van der Waals surface area contributed by atoms with Crippen LogP contribution in [0, 0.1) is 0 Å². The average molecular weight is 364 g/mol. The summed E-state index contributed by atoms with van der Waals surface area (Å²) in [5, 5.41) is 5.67. The van der Waals surface area contributed by atoms with Gasteiger partial charge < -0.3 is 29.6 Å². The van der Waals surface area contributed by atoms with Crippen molar-refractivity contribution in [2.24, 2.45) is 0 Å². The number of halogens is 2. The summed E-state index contributed by atoms with van der Waals surface area (Å²) in [6.07, 6.45) is -3.68. The third-order valence-corrected chi connectivity index (χ3v) is 3.82. The number of rotatable bonds is 4. The van der Waals surface area contributed by atoms with Gasteiger partial charge in [-0.1, -0.05) is 0 Å². The normalized spacial score (nSPS) is 16.9. The van der Waals surface area contributed by atoms with Crippen LogP contribution in [0.3, 0.4) is 0 Å². The van der Waals surface area contributed by atoms with Crippen molar-refractivity contribution in [3.63, 3.8) is 0 Å². The smallest absolute Gasteiger partial charge is 0.454 e. The second-order valence-electron chi connectivity index (χ2n) is 5.75. The lowest BCUT2D eigenvalue weighted by atomic mass is 10.2. The number of hydrogen-bond donors (Lipinski definition) is 2. The van der Waals surface area contributed by atoms with Crippen LogP contribution < -0.4 is 29.6 Å². The number of fused-ring (bicyclic) bond motifs is 2. The lowest BCUT2D eigenvalue weighted by Gasteiger charge is -2.15. The second-order valence-corrected chi connectivity index (χ2v) is 5.75. The van der Waals surface area contributed by atoms with E-state index < -0.39 is 12.3 Å². The van der Waals surface area contributed by atoms with Gasteiger partial charge in [0.2, 0.25) is 12.7 Å². The summed E-state index contributed by atoms with van der Waals surface area (Å²) in [7, 11) is 0.